The molecule has 256 valence electrons. The summed E-state index contributed by atoms with van der Waals surface area (Å²) in [6.45, 7) is 0.767. The number of hydrogen-bond donors (Lipinski definition) is 3. The second kappa shape index (κ2) is 23.0. The summed E-state index contributed by atoms with van der Waals surface area (Å²) in [7, 11) is 0. The summed E-state index contributed by atoms with van der Waals surface area (Å²) >= 11 is 0. The molecule has 2 amide bonds. The van der Waals surface area contributed by atoms with Crippen LogP contribution in [0, 0.1) is 0 Å². The van der Waals surface area contributed by atoms with E-state index in [4.69, 9.17) is 9.47 Å². The zero-order valence-corrected chi connectivity index (χ0v) is 26.6. The fourth-order valence-electron chi connectivity index (χ4n) is 4.39. The van der Waals surface area contributed by atoms with Crippen molar-refractivity contribution in [2.24, 2.45) is 9.98 Å². The summed E-state index contributed by atoms with van der Waals surface area (Å²) < 4.78 is 10.4. The van der Waals surface area contributed by atoms with Gasteiger partial charge in [-0.05, 0) is 106 Å². The van der Waals surface area contributed by atoms with Crippen LogP contribution in [0.2, 0.25) is 0 Å². The molecule has 2 aromatic carbocycles. The van der Waals surface area contributed by atoms with Crippen molar-refractivity contribution in [1.82, 2.24) is 10.6 Å². The third-order valence-corrected chi connectivity index (χ3v) is 6.99. The molecule has 0 bridgehead atoms. The topological polar surface area (TPSA) is 207 Å². The quantitative estimate of drug-likeness (QED) is 0.0650. The molecule has 0 aliphatic carbocycles. The lowest BCUT2D eigenvalue weighted by molar-refractivity contribution is -0.142. The molecule has 2 aromatic rings. The Labute approximate surface area is 278 Å². The van der Waals surface area contributed by atoms with Gasteiger partial charge in [-0.25, -0.2) is 24.0 Å². The SMILES string of the molecule is O=C=Nc1ccc(C(=O)OCCCCCC(=O)NCCCCC(NC(=O)CCCCCOC(=O)c2ccc(N=C=O)cc2)C(=O)O)cc1. The van der Waals surface area contributed by atoms with Gasteiger partial charge in [0.15, 0.2) is 0 Å². The summed E-state index contributed by atoms with van der Waals surface area (Å²) in [5.74, 6) is -2.62. The maximum Gasteiger partial charge on any atom is 0.338 e. The number of carboxylic acid groups (broad SMARTS) is 1. The molecule has 0 saturated carbocycles. The average Bonchev–Trinajstić information content (AvgIpc) is 3.07. The summed E-state index contributed by atoms with van der Waals surface area (Å²) in [5.41, 5.74) is 1.43. The number of esters is 2. The van der Waals surface area contributed by atoms with Gasteiger partial charge in [0.25, 0.3) is 0 Å². The largest absolute Gasteiger partial charge is 0.480 e. The Hall–Kier alpha value is -5.45. The molecule has 0 aliphatic heterocycles. The van der Waals surface area contributed by atoms with Gasteiger partial charge in [-0.2, -0.15) is 9.98 Å². The highest BCUT2D eigenvalue weighted by Crippen LogP contribution is 2.14. The highest BCUT2D eigenvalue weighted by atomic mass is 16.5. The molecule has 0 spiro atoms. The summed E-state index contributed by atoms with van der Waals surface area (Å²) in [5, 5.41) is 14.8. The van der Waals surface area contributed by atoms with Crippen LogP contribution in [0.4, 0.5) is 11.4 Å². The van der Waals surface area contributed by atoms with E-state index in [0.29, 0.717) is 86.8 Å². The number of nitrogens with zero attached hydrogens (tertiary/aromatic N) is 2. The van der Waals surface area contributed by atoms with Gasteiger partial charge in [-0.15, -0.1) is 0 Å². The molecule has 0 heterocycles. The van der Waals surface area contributed by atoms with Crippen LogP contribution in [0.5, 0.6) is 0 Å². The minimum Gasteiger partial charge on any atom is -0.480 e. The monoisotopic (exact) mass is 664 g/mol. The molecule has 14 heteroatoms. The highest BCUT2D eigenvalue weighted by Gasteiger charge is 2.19. The fraction of sp³-hybridized carbons (Fsp3) is 0.441. The van der Waals surface area contributed by atoms with Crippen molar-refractivity contribution in [2.45, 2.75) is 76.7 Å². The molecular formula is C34H40N4O10. The molecule has 0 fully saturated rings. The Bertz CT molecular complexity index is 1450. The number of aliphatic imine (C=N–C) groups is 2. The molecule has 0 radical (unpaired) electrons. The van der Waals surface area contributed by atoms with Gasteiger partial charge in [0.05, 0.1) is 35.7 Å². The molecule has 3 N–H and O–H groups in total. The lowest BCUT2D eigenvalue weighted by Gasteiger charge is -2.14. The number of carbonyl (C=O) groups excluding carboxylic acids is 6. The van der Waals surface area contributed by atoms with Crippen LogP contribution in [0.15, 0.2) is 58.5 Å². The van der Waals surface area contributed by atoms with Gasteiger partial charge in [-0.3, -0.25) is 9.59 Å². The third kappa shape index (κ3) is 16.2. The molecule has 48 heavy (non-hydrogen) atoms. The molecular weight excluding hydrogens is 624 g/mol. The first kappa shape index (κ1) is 38.7. The molecule has 0 saturated heterocycles. The number of hydrogen-bond acceptors (Lipinski definition) is 11. The molecule has 0 aromatic heterocycles. The first-order chi connectivity index (χ1) is 23.2. The zero-order valence-electron chi connectivity index (χ0n) is 26.6. The summed E-state index contributed by atoms with van der Waals surface area (Å²) in [4.78, 5) is 87.4. The number of benzene rings is 2. The smallest absolute Gasteiger partial charge is 0.338 e. The van der Waals surface area contributed by atoms with Gasteiger partial charge in [-0.1, -0.05) is 0 Å². The van der Waals surface area contributed by atoms with E-state index in [9.17, 15) is 38.7 Å². The van der Waals surface area contributed by atoms with Crippen LogP contribution >= 0.6 is 0 Å². The number of nitrogens with one attached hydrogen (secondary N) is 2. The number of isocyanates is 2. The summed E-state index contributed by atoms with van der Waals surface area (Å²) in [6.07, 6.45) is 8.13. The number of carboxylic acids is 1. The van der Waals surface area contributed by atoms with E-state index in [1.807, 2.05) is 0 Å². The number of aliphatic carboxylic acids is 1. The normalized spacial score (nSPS) is 10.8. The Kier molecular flexibility index (Phi) is 18.5. The number of carbonyl (C=O) groups is 5. The predicted octanol–water partition coefficient (Wildman–Crippen LogP) is 4.61. The van der Waals surface area contributed by atoms with Crippen molar-refractivity contribution in [3.8, 4) is 0 Å². The Morgan fingerprint density at radius 2 is 1.12 bits per heavy atom. The Balaban J connectivity index is 1.48. The van der Waals surface area contributed by atoms with Gasteiger partial charge in [0.1, 0.15) is 6.04 Å². The van der Waals surface area contributed by atoms with E-state index < -0.39 is 23.9 Å². The maximum atomic E-state index is 12.2. The molecule has 0 aliphatic rings. The minimum absolute atomic E-state index is 0.122. The first-order valence-corrected chi connectivity index (χ1v) is 15.7. The second-order valence-corrected chi connectivity index (χ2v) is 10.7. The van der Waals surface area contributed by atoms with Gasteiger partial charge in [0.2, 0.25) is 24.0 Å². The predicted molar refractivity (Wildman–Crippen MR) is 172 cm³/mol. The van der Waals surface area contributed by atoms with E-state index in [2.05, 4.69) is 20.6 Å². The van der Waals surface area contributed by atoms with Gasteiger partial charge >= 0.3 is 17.9 Å². The Morgan fingerprint density at radius 1 is 0.646 bits per heavy atom. The van der Waals surface area contributed by atoms with Crippen LogP contribution in [-0.4, -0.2) is 72.8 Å². The second-order valence-electron chi connectivity index (χ2n) is 10.7. The highest BCUT2D eigenvalue weighted by molar-refractivity contribution is 5.90. The van der Waals surface area contributed by atoms with Crippen molar-refractivity contribution in [3.05, 3.63) is 59.7 Å². The van der Waals surface area contributed by atoms with Crippen LogP contribution in [0.25, 0.3) is 0 Å². The van der Waals surface area contributed by atoms with E-state index in [1.165, 1.54) is 60.7 Å². The standard InChI is InChI=1S/C34H40N4O10/c39-23-36-27-16-12-25(13-17-27)33(45)47-21-7-1-3-10-30(41)35-20-6-5-9-29(32(43)44)38-31(42)11-4-2-8-22-48-34(46)26-14-18-28(19-15-26)37-24-40/h12-19,29H,1-11,20-22H2,(H,35,41)(H,38,42)(H,43,44). The van der Waals surface area contributed by atoms with Gasteiger partial charge in [0, 0.05) is 19.4 Å². The van der Waals surface area contributed by atoms with Crippen LogP contribution in [0.1, 0.15) is 91.3 Å². The number of rotatable bonds is 23. The third-order valence-electron chi connectivity index (χ3n) is 6.99. The lowest BCUT2D eigenvalue weighted by atomic mass is 10.1. The van der Waals surface area contributed by atoms with Crippen molar-refractivity contribution in [2.75, 3.05) is 19.8 Å². The number of ether oxygens (including phenoxy) is 2. The molecule has 14 nitrogen and oxygen atoms in total. The minimum atomic E-state index is -1.13. The van der Waals surface area contributed by atoms with Crippen molar-refractivity contribution < 1.29 is 48.1 Å². The van der Waals surface area contributed by atoms with Crippen molar-refractivity contribution >= 4 is 53.3 Å². The Morgan fingerprint density at radius 3 is 1.58 bits per heavy atom. The van der Waals surface area contributed by atoms with E-state index >= 15 is 0 Å². The summed E-state index contributed by atoms with van der Waals surface area (Å²) in [6, 6.07) is 11.0. The molecule has 2 rings (SSSR count). The van der Waals surface area contributed by atoms with E-state index in [0.717, 1.165) is 0 Å². The van der Waals surface area contributed by atoms with Crippen LogP contribution in [0.3, 0.4) is 0 Å². The maximum absolute atomic E-state index is 12.2. The van der Waals surface area contributed by atoms with Crippen LogP contribution in [-0.2, 0) is 33.4 Å². The average molecular weight is 665 g/mol. The molecule has 1 atom stereocenters. The van der Waals surface area contributed by atoms with E-state index in [1.54, 1.807) is 0 Å². The molecule has 1 unspecified atom stereocenters. The van der Waals surface area contributed by atoms with Crippen molar-refractivity contribution in [3.63, 3.8) is 0 Å². The first-order valence-electron chi connectivity index (χ1n) is 15.7. The lowest BCUT2D eigenvalue weighted by Crippen LogP contribution is -2.40. The fourth-order valence-corrected chi connectivity index (χ4v) is 4.39. The zero-order chi connectivity index (χ0) is 35.0. The van der Waals surface area contributed by atoms with E-state index in [-0.39, 0.29) is 37.9 Å². The van der Waals surface area contributed by atoms with Gasteiger partial charge < -0.3 is 25.2 Å². The number of unbranched alkanes of at least 4 members (excludes halogenated alkanes) is 5. The van der Waals surface area contributed by atoms with Crippen molar-refractivity contribution in [1.29, 1.82) is 0 Å². The van der Waals surface area contributed by atoms with Crippen LogP contribution < -0.4 is 10.6 Å². The number of amides is 2.